The van der Waals surface area contributed by atoms with Crippen LogP contribution in [-0.4, -0.2) is 39.8 Å². The molecule has 7 heteroatoms. The van der Waals surface area contributed by atoms with Crippen molar-refractivity contribution in [2.75, 3.05) is 13.7 Å². The van der Waals surface area contributed by atoms with Gasteiger partial charge in [0.05, 0.1) is 12.6 Å². The Morgan fingerprint density at radius 3 is 3.27 bits per heavy atom. The van der Waals surface area contributed by atoms with E-state index in [-0.39, 0.29) is 6.10 Å². The van der Waals surface area contributed by atoms with E-state index in [1.165, 1.54) is 0 Å². The molecule has 2 aromatic heterocycles. The van der Waals surface area contributed by atoms with E-state index in [0.717, 1.165) is 30.7 Å². The SMILES string of the molecule is COCc1nc(CN2CCCC2CC(O)c2cccs2)no1. The van der Waals surface area contributed by atoms with Gasteiger partial charge in [0.2, 0.25) is 0 Å². The molecular weight excluding hydrogens is 302 g/mol. The molecule has 0 aromatic carbocycles. The minimum atomic E-state index is -0.389. The van der Waals surface area contributed by atoms with E-state index in [0.29, 0.717) is 30.9 Å². The van der Waals surface area contributed by atoms with E-state index in [9.17, 15) is 5.11 Å². The molecule has 0 radical (unpaired) electrons. The molecule has 0 bridgehead atoms. The van der Waals surface area contributed by atoms with Crippen LogP contribution in [0, 0.1) is 0 Å². The summed E-state index contributed by atoms with van der Waals surface area (Å²) in [5.74, 6) is 1.19. The molecule has 0 saturated carbocycles. The van der Waals surface area contributed by atoms with Crippen LogP contribution in [0.2, 0.25) is 0 Å². The number of aliphatic hydroxyl groups is 1. The summed E-state index contributed by atoms with van der Waals surface area (Å²) in [7, 11) is 1.60. The molecule has 3 rings (SSSR count). The van der Waals surface area contributed by atoms with Crippen molar-refractivity contribution in [2.45, 2.75) is 44.6 Å². The molecule has 6 nitrogen and oxygen atoms in total. The van der Waals surface area contributed by atoms with Gasteiger partial charge in [-0.05, 0) is 37.3 Å². The number of aliphatic hydroxyl groups excluding tert-OH is 1. The van der Waals surface area contributed by atoms with Crippen LogP contribution >= 0.6 is 11.3 Å². The number of rotatable bonds is 7. The number of aromatic nitrogens is 2. The Bertz CT molecular complexity index is 572. The van der Waals surface area contributed by atoms with Crippen LogP contribution in [0.15, 0.2) is 22.0 Å². The van der Waals surface area contributed by atoms with Gasteiger partial charge < -0.3 is 14.4 Å². The van der Waals surface area contributed by atoms with Crippen molar-refractivity contribution in [3.05, 3.63) is 34.1 Å². The molecule has 1 fully saturated rings. The van der Waals surface area contributed by atoms with Gasteiger partial charge in [-0.15, -0.1) is 11.3 Å². The van der Waals surface area contributed by atoms with Crippen LogP contribution in [0.25, 0.3) is 0 Å². The van der Waals surface area contributed by atoms with Gasteiger partial charge >= 0.3 is 0 Å². The largest absolute Gasteiger partial charge is 0.388 e. The standard InChI is InChI=1S/C15H21N3O3S/c1-20-10-15-16-14(17-21-15)9-18-6-2-4-11(18)8-12(19)13-5-3-7-22-13/h3,5,7,11-12,19H,2,4,6,8-10H2,1H3. The highest BCUT2D eigenvalue weighted by atomic mass is 32.1. The van der Waals surface area contributed by atoms with Crippen molar-refractivity contribution in [3.8, 4) is 0 Å². The summed E-state index contributed by atoms with van der Waals surface area (Å²) in [6.07, 6.45) is 2.61. The maximum absolute atomic E-state index is 10.3. The maximum atomic E-state index is 10.3. The van der Waals surface area contributed by atoms with Crippen LogP contribution in [0.5, 0.6) is 0 Å². The Labute approximate surface area is 133 Å². The average molecular weight is 323 g/mol. The minimum Gasteiger partial charge on any atom is -0.388 e. The van der Waals surface area contributed by atoms with Gasteiger partial charge in [-0.1, -0.05) is 11.2 Å². The first kappa shape index (κ1) is 15.6. The van der Waals surface area contributed by atoms with Crippen LogP contribution in [0.3, 0.4) is 0 Å². The van der Waals surface area contributed by atoms with E-state index >= 15 is 0 Å². The van der Waals surface area contributed by atoms with Gasteiger partial charge in [-0.3, -0.25) is 4.90 Å². The second-order valence-corrected chi connectivity index (χ2v) is 6.55. The van der Waals surface area contributed by atoms with Crippen LogP contribution in [0.1, 0.15) is 42.0 Å². The van der Waals surface area contributed by atoms with Crippen molar-refractivity contribution in [3.63, 3.8) is 0 Å². The summed E-state index contributed by atoms with van der Waals surface area (Å²) in [5.41, 5.74) is 0. The van der Waals surface area contributed by atoms with Crippen molar-refractivity contribution >= 4 is 11.3 Å². The van der Waals surface area contributed by atoms with E-state index in [1.807, 2.05) is 17.5 Å². The molecule has 2 aromatic rings. The molecule has 2 unspecified atom stereocenters. The third kappa shape index (κ3) is 3.73. The third-order valence-corrected chi connectivity index (χ3v) is 4.96. The Balaban J connectivity index is 1.58. The van der Waals surface area contributed by atoms with E-state index in [4.69, 9.17) is 9.26 Å². The number of methoxy groups -OCH3 is 1. The lowest BCUT2D eigenvalue weighted by atomic mass is 10.1. The average Bonchev–Trinajstić information content (AvgIpc) is 3.23. The molecule has 1 aliphatic heterocycles. The Hall–Kier alpha value is -1.28. The van der Waals surface area contributed by atoms with Crippen LogP contribution < -0.4 is 0 Å². The Kier molecular flexibility index (Phi) is 5.20. The number of likely N-dealkylation sites (tertiary alicyclic amines) is 1. The molecule has 22 heavy (non-hydrogen) atoms. The minimum absolute atomic E-state index is 0.341. The van der Waals surface area contributed by atoms with Crippen LogP contribution in [0.4, 0.5) is 0 Å². The lowest BCUT2D eigenvalue weighted by molar-refractivity contribution is 0.119. The molecule has 0 spiro atoms. The highest BCUT2D eigenvalue weighted by Crippen LogP contribution is 2.30. The fourth-order valence-electron chi connectivity index (χ4n) is 2.94. The lowest BCUT2D eigenvalue weighted by Crippen LogP contribution is -2.30. The number of hydrogen-bond donors (Lipinski definition) is 1. The van der Waals surface area contributed by atoms with E-state index in [2.05, 4.69) is 15.0 Å². The first-order valence-corrected chi connectivity index (χ1v) is 8.40. The number of thiophene rings is 1. The zero-order valence-electron chi connectivity index (χ0n) is 12.6. The van der Waals surface area contributed by atoms with Crippen molar-refractivity contribution in [2.24, 2.45) is 0 Å². The normalized spacial score (nSPS) is 20.5. The van der Waals surface area contributed by atoms with Gasteiger partial charge in [0.15, 0.2) is 5.82 Å². The zero-order valence-corrected chi connectivity index (χ0v) is 13.5. The third-order valence-electron chi connectivity index (χ3n) is 3.99. The first-order chi connectivity index (χ1) is 10.8. The van der Waals surface area contributed by atoms with Gasteiger partial charge in [0, 0.05) is 18.0 Å². The summed E-state index contributed by atoms with van der Waals surface area (Å²) in [5, 5.41) is 16.3. The van der Waals surface area contributed by atoms with Crippen molar-refractivity contribution < 1.29 is 14.4 Å². The predicted molar refractivity (Wildman–Crippen MR) is 82.3 cm³/mol. The molecule has 3 heterocycles. The molecule has 120 valence electrons. The number of hydrogen-bond acceptors (Lipinski definition) is 7. The quantitative estimate of drug-likeness (QED) is 0.843. The van der Waals surface area contributed by atoms with Crippen molar-refractivity contribution in [1.82, 2.24) is 15.0 Å². The highest BCUT2D eigenvalue weighted by Gasteiger charge is 2.28. The predicted octanol–water partition coefficient (Wildman–Crippen LogP) is 2.37. The van der Waals surface area contributed by atoms with Gasteiger partial charge in [0.25, 0.3) is 5.89 Å². The Morgan fingerprint density at radius 2 is 2.50 bits per heavy atom. The molecule has 0 aliphatic carbocycles. The first-order valence-electron chi connectivity index (χ1n) is 7.52. The molecule has 2 atom stereocenters. The monoisotopic (exact) mass is 323 g/mol. The van der Waals surface area contributed by atoms with Crippen molar-refractivity contribution in [1.29, 1.82) is 0 Å². The fraction of sp³-hybridized carbons (Fsp3) is 0.600. The van der Waals surface area contributed by atoms with Gasteiger partial charge in [-0.25, -0.2) is 0 Å². The Morgan fingerprint density at radius 1 is 1.59 bits per heavy atom. The molecule has 0 amide bonds. The number of ether oxygens (including phenoxy) is 1. The summed E-state index contributed by atoms with van der Waals surface area (Å²) >= 11 is 1.61. The maximum Gasteiger partial charge on any atom is 0.252 e. The number of nitrogens with zero attached hydrogens (tertiary/aromatic N) is 3. The summed E-state index contributed by atoms with van der Waals surface area (Å²) in [4.78, 5) is 7.69. The second kappa shape index (κ2) is 7.32. The molecule has 1 N–H and O–H groups in total. The van der Waals surface area contributed by atoms with Crippen LogP contribution in [-0.2, 0) is 17.9 Å². The highest BCUT2D eigenvalue weighted by molar-refractivity contribution is 7.10. The smallest absolute Gasteiger partial charge is 0.252 e. The topological polar surface area (TPSA) is 71.6 Å². The molecule has 1 aliphatic rings. The molecular formula is C15H21N3O3S. The lowest BCUT2D eigenvalue weighted by Gasteiger charge is -2.24. The zero-order chi connectivity index (χ0) is 15.4. The van der Waals surface area contributed by atoms with E-state index in [1.54, 1.807) is 18.4 Å². The summed E-state index contributed by atoms with van der Waals surface area (Å²) in [6, 6.07) is 4.33. The second-order valence-electron chi connectivity index (χ2n) is 5.57. The van der Waals surface area contributed by atoms with Gasteiger partial charge in [0.1, 0.15) is 6.61 Å². The summed E-state index contributed by atoms with van der Waals surface area (Å²) in [6.45, 7) is 2.01. The fourth-order valence-corrected chi connectivity index (χ4v) is 3.67. The van der Waals surface area contributed by atoms with E-state index < -0.39 is 0 Å². The molecule has 1 saturated heterocycles. The summed E-state index contributed by atoms with van der Waals surface area (Å²) < 4.78 is 10.1. The van der Waals surface area contributed by atoms with Gasteiger partial charge in [-0.2, -0.15) is 4.98 Å².